The van der Waals surface area contributed by atoms with Gasteiger partial charge >= 0.3 is 0 Å². The number of para-hydroxylation sites is 1. The number of amides is 1. The van der Waals surface area contributed by atoms with Crippen LogP contribution in [0.4, 0.5) is 0 Å². The van der Waals surface area contributed by atoms with Gasteiger partial charge in [-0.1, -0.05) is 49.4 Å². The summed E-state index contributed by atoms with van der Waals surface area (Å²) >= 11 is 0. The first-order chi connectivity index (χ1) is 15.8. The molecule has 6 heteroatoms. The Labute approximate surface area is 196 Å². The molecular formula is C27H35N3O3. The Kier molecular flexibility index (Phi) is 6.88. The monoisotopic (exact) mass is 449 g/mol. The maximum absolute atomic E-state index is 14.2. The Morgan fingerprint density at radius 3 is 2.58 bits per heavy atom. The molecule has 1 amide bonds. The van der Waals surface area contributed by atoms with E-state index in [0.29, 0.717) is 18.8 Å². The first-order valence-corrected chi connectivity index (χ1v) is 11.7. The van der Waals surface area contributed by atoms with E-state index in [-0.39, 0.29) is 30.6 Å². The van der Waals surface area contributed by atoms with Crippen molar-refractivity contribution in [3.8, 4) is 11.1 Å². The van der Waals surface area contributed by atoms with E-state index in [1.54, 1.807) is 0 Å². The second kappa shape index (κ2) is 9.67. The number of hydrogen-bond acceptors (Lipinski definition) is 4. The highest BCUT2D eigenvalue weighted by Gasteiger charge is 2.33. The van der Waals surface area contributed by atoms with Gasteiger partial charge in [-0.2, -0.15) is 0 Å². The lowest BCUT2D eigenvalue weighted by Crippen LogP contribution is -2.47. The highest BCUT2D eigenvalue weighted by molar-refractivity contribution is 6.10. The molecule has 4 rings (SSSR count). The van der Waals surface area contributed by atoms with Gasteiger partial charge in [0.1, 0.15) is 5.69 Å². The number of carbonyl (C=O) groups excluding carboxylic acids is 1. The maximum atomic E-state index is 14.2. The van der Waals surface area contributed by atoms with Crippen LogP contribution in [0.25, 0.3) is 22.0 Å². The Balaban J connectivity index is 1.97. The molecule has 1 aromatic heterocycles. The quantitative estimate of drug-likeness (QED) is 0.659. The predicted molar refractivity (Wildman–Crippen MR) is 132 cm³/mol. The number of aliphatic hydroxyl groups is 1. The molecule has 176 valence electrons. The zero-order valence-electron chi connectivity index (χ0n) is 20.3. The number of likely N-dealkylation sites (N-methyl/N-ethyl adjacent to an activating group) is 1. The third-order valence-corrected chi connectivity index (χ3v) is 6.77. The van der Waals surface area contributed by atoms with Crippen LogP contribution >= 0.6 is 0 Å². The number of benzene rings is 2. The van der Waals surface area contributed by atoms with Gasteiger partial charge in [-0.15, -0.1) is 0 Å². The van der Waals surface area contributed by atoms with Gasteiger partial charge in [0.25, 0.3) is 5.91 Å². The smallest absolute Gasteiger partial charge is 0.271 e. The lowest BCUT2D eigenvalue weighted by molar-refractivity contribution is -0.0201. The molecule has 2 heterocycles. The first kappa shape index (κ1) is 23.5. The Hall–Kier alpha value is -2.67. The zero-order chi connectivity index (χ0) is 23.7. The number of hydrogen-bond donors (Lipinski definition) is 1. The maximum Gasteiger partial charge on any atom is 0.271 e. The van der Waals surface area contributed by atoms with Crippen LogP contribution in [0, 0.1) is 5.92 Å². The summed E-state index contributed by atoms with van der Waals surface area (Å²) in [4.78, 5) is 18.1. The molecule has 0 aliphatic carbocycles. The second-order valence-electron chi connectivity index (χ2n) is 9.54. The minimum atomic E-state index is -0.304. The number of ether oxygens (including phenoxy) is 1. The van der Waals surface area contributed by atoms with E-state index >= 15 is 0 Å². The van der Waals surface area contributed by atoms with Gasteiger partial charge in [0.2, 0.25) is 0 Å². The number of aromatic nitrogens is 1. The van der Waals surface area contributed by atoms with Crippen LogP contribution in [0.3, 0.4) is 0 Å². The van der Waals surface area contributed by atoms with Crippen molar-refractivity contribution in [1.29, 1.82) is 0 Å². The predicted octanol–water partition coefficient (Wildman–Crippen LogP) is 3.76. The van der Waals surface area contributed by atoms with E-state index in [9.17, 15) is 9.90 Å². The highest BCUT2D eigenvalue weighted by Crippen LogP contribution is 2.38. The standard InChI is InChI=1S/C27H35N3O3/c1-18-14-30(19(2)16-31)27(32)26-25(22-12-8-9-13-23(22)29(26)5)21-11-7-6-10-20(21)17-33-24(18)15-28(3)4/h6-13,18-19,24,31H,14-17H2,1-5H3/t18-,19+,24-/m1/s1. The summed E-state index contributed by atoms with van der Waals surface area (Å²) in [6, 6.07) is 16.1. The van der Waals surface area contributed by atoms with Gasteiger partial charge in [0, 0.05) is 42.5 Å². The van der Waals surface area contributed by atoms with E-state index in [1.165, 1.54) is 0 Å². The lowest BCUT2D eigenvalue weighted by atomic mass is 9.96. The summed E-state index contributed by atoms with van der Waals surface area (Å²) < 4.78 is 8.51. The molecule has 1 N–H and O–H groups in total. The summed E-state index contributed by atoms with van der Waals surface area (Å²) in [6.07, 6.45) is -0.0489. The van der Waals surface area contributed by atoms with Crippen LogP contribution in [0.15, 0.2) is 48.5 Å². The molecule has 0 saturated carbocycles. The van der Waals surface area contributed by atoms with E-state index in [4.69, 9.17) is 4.74 Å². The van der Waals surface area contributed by atoms with Crippen molar-refractivity contribution < 1.29 is 14.6 Å². The van der Waals surface area contributed by atoms with Gasteiger partial charge in [0.15, 0.2) is 0 Å². The molecule has 0 fully saturated rings. The molecule has 0 saturated heterocycles. The fourth-order valence-electron chi connectivity index (χ4n) is 4.89. The number of nitrogens with zero attached hydrogens (tertiary/aromatic N) is 3. The molecule has 0 spiro atoms. The molecule has 33 heavy (non-hydrogen) atoms. The van der Waals surface area contributed by atoms with E-state index in [0.717, 1.165) is 34.1 Å². The molecule has 0 unspecified atom stereocenters. The first-order valence-electron chi connectivity index (χ1n) is 11.7. The molecule has 1 aliphatic rings. The molecular weight excluding hydrogens is 414 g/mol. The van der Waals surface area contributed by atoms with E-state index in [1.807, 2.05) is 61.8 Å². The molecule has 2 aromatic carbocycles. The van der Waals surface area contributed by atoms with Gasteiger partial charge in [-0.3, -0.25) is 4.79 Å². The normalized spacial score (nSPS) is 20.5. The number of carbonyl (C=O) groups is 1. The Morgan fingerprint density at radius 2 is 1.85 bits per heavy atom. The number of aryl methyl sites for hydroxylation is 1. The fraction of sp³-hybridized carbons (Fsp3) is 0.444. The third kappa shape index (κ3) is 4.43. The second-order valence-corrected chi connectivity index (χ2v) is 9.54. The molecule has 0 radical (unpaired) electrons. The fourth-order valence-corrected chi connectivity index (χ4v) is 4.89. The third-order valence-electron chi connectivity index (χ3n) is 6.77. The van der Waals surface area contributed by atoms with Gasteiger partial charge in [0.05, 0.1) is 25.4 Å². The number of rotatable bonds is 4. The van der Waals surface area contributed by atoms with Crippen molar-refractivity contribution in [2.24, 2.45) is 13.0 Å². The van der Waals surface area contributed by atoms with Crippen LogP contribution in [0.2, 0.25) is 0 Å². The van der Waals surface area contributed by atoms with Crippen LogP contribution in [0.1, 0.15) is 29.9 Å². The molecule has 1 aliphatic heterocycles. The van der Waals surface area contributed by atoms with Crippen LogP contribution in [-0.4, -0.2) is 71.3 Å². The van der Waals surface area contributed by atoms with Gasteiger partial charge in [-0.25, -0.2) is 0 Å². The summed E-state index contributed by atoms with van der Waals surface area (Å²) in [7, 11) is 6.03. The van der Waals surface area contributed by atoms with Crippen molar-refractivity contribution in [2.75, 3.05) is 33.8 Å². The van der Waals surface area contributed by atoms with Crippen LogP contribution in [-0.2, 0) is 18.4 Å². The summed E-state index contributed by atoms with van der Waals surface area (Å²) in [6.45, 7) is 5.69. The average Bonchev–Trinajstić information content (AvgIpc) is 3.10. The van der Waals surface area contributed by atoms with Crippen molar-refractivity contribution in [2.45, 2.75) is 32.6 Å². The largest absolute Gasteiger partial charge is 0.394 e. The van der Waals surface area contributed by atoms with Crippen LogP contribution in [0.5, 0.6) is 0 Å². The van der Waals surface area contributed by atoms with Gasteiger partial charge < -0.3 is 24.2 Å². The number of aliphatic hydroxyl groups excluding tert-OH is 1. The molecule has 3 aromatic rings. The molecule has 0 bridgehead atoms. The van der Waals surface area contributed by atoms with Crippen molar-refractivity contribution in [1.82, 2.24) is 14.4 Å². The SMILES string of the molecule is C[C@@H]1CN([C@@H](C)CO)C(=O)c2c(c3ccccc3n2C)-c2ccccc2CO[C@@H]1CN(C)C. The minimum Gasteiger partial charge on any atom is -0.394 e. The van der Waals surface area contributed by atoms with Crippen molar-refractivity contribution in [3.05, 3.63) is 59.8 Å². The van der Waals surface area contributed by atoms with Crippen molar-refractivity contribution >= 4 is 16.8 Å². The average molecular weight is 450 g/mol. The summed E-state index contributed by atoms with van der Waals surface area (Å²) in [5.41, 5.74) is 4.70. The number of fused-ring (bicyclic) bond motifs is 5. The summed E-state index contributed by atoms with van der Waals surface area (Å²) in [5, 5.41) is 11.1. The molecule has 6 nitrogen and oxygen atoms in total. The highest BCUT2D eigenvalue weighted by atomic mass is 16.5. The van der Waals surface area contributed by atoms with Crippen molar-refractivity contribution in [3.63, 3.8) is 0 Å². The van der Waals surface area contributed by atoms with E-state index < -0.39 is 0 Å². The van der Waals surface area contributed by atoms with Crippen LogP contribution < -0.4 is 0 Å². The topological polar surface area (TPSA) is 57.9 Å². The Morgan fingerprint density at radius 1 is 1.15 bits per heavy atom. The zero-order valence-corrected chi connectivity index (χ0v) is 20.3. The molecule has 3 atom stereocenters. The summed E-state index contributed by atoms with van der Waals surface area (Å²) in [5.74, 6) is 0.0335. The Bertz CT molecular complexity index is 1140. The minimum absolute atomic E-state index is 0.0489. The lowest BCUT2D eigenvalue weighted by Gasteiger charge is -2.34. The van der Waals surface area contributed by atoms with Gasteiger partial charge in [-0.05, 0) is 38.2 Å². The van der Waals surface area contributed by atoms with E-state index in [2.05, 4.69) is 36.1 Å².